The van der Waals surface area contributed by atoms with Crippen LogP contribution in [0.1, 0.15) is 43.0 Å². The van der Waals surface area contributed by atoms with E-state index in [-0.39, 0.29) is 0 Å². The molecule has 0 radical (unpaired) electrons. The molecule has 0 aromatic heterocycles. The summed E-state index contributed by atoms with van der Waals surface area (Å²) < 4.78 is 27.5. The molecule has 7 heteroatoms. The van der Waals surface area contributed by atoms with E-state index in [4.69, 9.17) is 0 Å². The molecular formula is C13H14F2N2O3. The van der Waals surface area contributed by atoms with Crippen molar-refractivity contribution < 1.29 is 18.5 Å². The summed E-state index contributed by atoms with van der Waals surface area (Å²) in [4.78, 5) is 21.7. The third kappa shape index (κ3) is 2.61. The van der Waals surface area contributed by atoms with Gasteiger partial charge in [0.2, 0.25) is 5.82 Å². The Morgan fingerprint density at radius 1 is 1.35 bits per heavy atom. The second kappa shape index (κ2) is 5.15. The number of nitrogens with one attached hydrogen (secondary N) is 1. The molecule has 1 aliphatic carbocycles. The average molecular weight is 284 g/mol. The van der Waals surface area contributed by atoms with E-state index in [1.54, 1.807) is 6.92 Å². The van der Waals surface area contributed by atoms with Crippen molar-refractivity contribution in [3.8, 4) is 0 Å². The predicted octanol–water partition coefficient (Wildman–Crippen LogP) is 2.94. The molecule has 20 heavy (non-hydrogen) atoms. The van der Waals surface area contributed by atoms with Gasteiger partial charge < -0.3 is 5.32 Å². The SMILES string of the molecule is CC1(NC(=O)c2c(F)ccc([N+](=O)[O-])c2F)CCCC1. The first-order chi connectivity index (χ1) is 9.34. The fourth-order valence-electron chi connectivity index (χ4n) is 2.51. The van der Waals surface area contributed by atoms with Gasteiger partial charge in [0.25, 0.3) is 5.91 Å². The third-order valence-corrected chi connectivity index (χ3v) is 3.62. The molecule has 1 fully saturated rings. The third-order valence-electron chi connectivity index (χ3n) is 3.62. The van der Waals surface area contributed by atoms with Gasteiger partial charge in [-0.25, -0.2) is 4.39 Å². The van der Waals surface area contributed by atoms with Crippen molar-refractivity contribution in [3.05, 3.63) is 39.4 Å². The van der Waals surface area contributed by atoms with E-state index >= 15 is 0 Å². The standard InChI is InChI=1S/C13H14F2N2O3/c1-13(6-2-3-7-13)16-12(18)10-8(14)4-5-9(11(10)15)17(19)20/h4-5H,2-3,6-7H2,1H3,(H,16,18). The van der Waals surface area contributed by atoms with Crippen LogP contribution in [0.15, 0.2) is 12.1 Å². The van der Waals surface area contributed by atoms with Gasteiger partial charge in [0.05, 0.1) is 4.92 Å². The Bertz CT molecular complexity index is 569. The fourth-order valence-corrected chi connectivity index (χ4v) is 2.51. The Kier molecular flexibility index (Phi) is 3.69. The van der Waals surface area contributed by atoms with E-state index < -0.39 is 39.3 Å². The summed E-state index contributed by atoms with van der Waals surface area (Å²) in [5, 5.41) is 13.2. The number of nitro groups is 1. The zero-order valence-corrected chi connectivity index (χ0v) is 10.9. The van der Waals surface area contributed by atoms with Crippen molar-refractivity contribution in [2.45, 2.75) is 38.1 Å². The van der Waals surface area contributed by atoms with Crippen LogP contribution in [0.2, 0.25) is 0 Å². The molecule has 0 saturated heterocycles. The summed E-state index contributed by atoms with van der Waals surface area (Å²) in [6.07, 6.45) is 3.29. The lowest BCUT2D eigenvalue weighted by molar-refractivity contribution is -0.387. The van der Waals surface area contributed by atoms with Crippen molar-refractivity contribution in [2.24, 2.45) is 0 Å². The summed E-state index contributed by atoms with van der Waals surface area (Å²) in [6.45, 7) is 1.80. The number of hydrogen-bond acceptors (Lipinski definition) is 3. The van der Waals surface area contributed by atoms with Gasteiger partial charge in [-0.3, -0.25) is 14.9 Å². The molecule has 0 spiro atoms. The van der Waals surface area contributed by atoms with E-state index in [2.05, 4.69) is 5.32 Å². The maximum absolute atomic E-state index is 13.9. The van der Waals surface area contributed by atoms with E-state index in [0.29, 0.717) is 6.07 Å². The van der Waals surface area contributed by atoms with Crippen LogP contribution < -0.4 is 5.32 Å². The van der Waals surface area contributed by atoms with Gasteiger partial charge in [0, 0.05) is 11.6 Å². The monoisotopic (exact) mass is 284 g/mol. The minimum Gasteiger partial charge on any atom is -0.347 e. The first-order valence-corrected chi connectivity index (χ1v) is 6.29. The van der Waals surface area contributed by atoms with Crippen LogP contribution in [-0.4, -0.2) is 16.4 Å². The smallest absolute Gasteiger partial charge is 0.305 e. The van der Waals surface area contributed by atoms with Crippen LogP contribution in [0.4, 0.5) is 14.5 Å². The highest BCUT2D eigenvalue weighted by molar-refractivity contribution is 5.96. The lowest BCUT2D eigenvalue weighted by Crippen LogP contribution is -2.44. The molecule has 2 rings (SSSR count). The molecule has 0 unspecified atom stereocenters. The number of carbonyl (C=O) groups is 1. The van der Waals surface area contributed by atoms with Gasteiger partial charge in [-0.1, -0.05) is 12.8 Å². The number of nitrogens with zero attached hydrogens (tertiary/aromatic N) is 1. The highest BCUT2D eigenvalue weighted by Crippen LogP contribution is 2.30. The molecule has 1 amide bonds. The van der Waals surface area contributed by atoms with Crippen molar-refractivity contribution in [1.29, 1.82) is 0 Å². The molecule has 1 saturated carbocycles. The molecule has 1 N–H and O–H groups in total. The summed E-state index contributed by atoms with van der Waals surface area (Å²) in [7, 11) is 0. The highest BCUT2D eigenvalue weighted by Gasteiger charge is 2.33. The van der Waals surface area contributed by atoms with Crippen molar-refractivity contribution in [1.82, 2.24) is 5.32 Å². The normalized spacial score (nSPS) is 16.9. The second-order valence-electron chi connectivity index (χ2n) is 5.23. The van der Waals surface area contributed by atoms with Crippen LogP contribution >= 0.6 is 0 Å². The molecule has 5 nitrogen and oxygen atoms in total. The Labute approximate surface area is 114 Å². The molecular weight excluding hydrogens is 270 g/mol. The van der Waals surface area contributed by atoms with Crippen LogP contribution in [0.3, 0.4) is 0 Å². The van der Waals surface area contributed by atoms with Gasteiger partial charge in [0.15, 0.2) is 0 Å². The maximum atomic E-state index is 13.9. The summed E-state index contributed by atoms with van der Waals surface area (Å²) >= 11 is 0. The van der Waals surface area contributed by atoms with E-state index in [0.717, 1.165) is 31.7 Å². The molecule has 108 valence electrons. The number of hydrogen-bond donors (Lipinski definition) is 1. The van der Waals surface area contributed by atoms with E-state index in [1.165, 1.54) is 0 Å². The van der Waals surface area contributed by atoms with Gasteiger partial charge in [-0.15, -0.1) is 0 Å². The first kappa shape index (κ1) is 14.4. The topological polar surface area (TPSA) is 72.2 Å². The molecule has 0 heterocycles. The number of carbonyl (C=O) groups excluding carboxylic acids is 1. The zero-order chi connectivity index (χ0) is 14.9. The van der Waals surface area contributed by atoms with Crippen LogP contribution in [0, 0.1) is 21.7 Å². The lowest BCUT2D eigenvalue weighted by atomic mass is 9.99. The van der Waals surface area contributed by atoms with Gasteiger partial charge in [-0.2, -0.15) is 4.39 Å². The van der Waals surface area contributed by atoms with E-state index in [1.807, 2.05) is 0 Å². The molecule has 0 bridgehead atoms. The number of halogens is 2. The quantitative estimate of drug-likeness (QED) is 0.685. The summed E-state index contributed by atoms with van der Waals surface area (Å²) in [6, 6.07) is 1.44. The van der Waals surface area contributed by atoms with Crippen molar-refractivity contribution >= 4 is 11.6 Å². The number of rotatable bonds is 3. The first-order valence-electron chi connectivity index (χ1n) is 6.29. The molecule has 1 aromatic carbocycles. The van der Waals surface area contributed by atoms with Gasteiger partial charge in [0.1, 0.15) is 11.4 Å². The van der Waals surface area contributed by atoms with Crippen LogP contribution in [-0.2, 0) is 0 Å². The Morgan fingerprint density at radius 3 is 2.50 bits per heavy atom. The minimum absolute atomic E-state index is 0.513. The van der Waals surface area contributed by atoms with E-state index in [9.17, 15) is 23.7 Å². The highest BCUT2D eigenvalue weighted by atomic mass is 19.1. The van der Waals surface area contributed by atoms with Gasteiger partial charge >= 0.3 is 5.69 Å². The van der Waals surface area contributed by atoms with Crippen molar-refractivity contribution in [3.63, 3.8) is 0 Å². The second-order valence-corrected chi connectivity index (χ2v) is 5.23. The largest absolute Gasteiger partial charge is 0.347 e. The predicted molar refractivity (Wildman–Crippen MR) is 67.4 cm³/mol. The van der Waals surface area contributed by atoms with Gasteiger partial charge in [-0.05, 0) is 25.8 Å². The van der Waals surface area contributed by atoms with Crippen LogP contribution in [0.25, 0.3) is 0 Å². The summed E-state index contributed by atoms with van der Waals surface area (Å²) in [5.74, 6) is -3.49. The molecule has 1 aromatic rings. The fraction of sp³-hybridized carbons (Fsp3) is 0.462. The number of amides is 1. The van der Waals surface area contributed by atoms with Crippen LogP contribution in [0.5, 0.6) is 0 Å². The number of nitro benzene ring substituents is 1. The maximum Gasteiger partial charge on any atom is 0.305 e. The average Bonchev–Trinajstić information content (AvgIpc) is 2.75. The number of benzene rings is 1. The summed E-state index contributed by atoms with van der Waals surface area (Å²) in [5.41, 5.74) is -2.32. The Morgan fingerprint density at radius 2 is 1.95 bits per heavy atom. The lowest BCUT2D eigenvalue weighted by Gasteiger charge is -2.25. The van der Waals surface area contributed by atoms with Crippen molar-refractivity contribution in [2.75, 3.05) is 0 Å². The molecule has 1 aliphatic rings. The molecule has 0 atom stereocenters. The Hall–Kier alpha value is -2.05. The molecule has 0 aliphatic heterocycles. The Balaban J connectivity index is 2.34. The minimum atomic E-state index is -1.44. The zero-order valence-electron chi connectivity index (χ0n) is 10.9.